The van der Waals surface area contributed by atoms with Crippen molar-refractivity contribution < 1.29 is 8.99 Å². The van der Waals surface area contributed by atoms with Crippen LogP contribution >= 0.6 is 7.29 Å². The van der Waals surface area contributed by atoms with Crippen molar-refractivity contribution in [3.8, 4) is 11.1 Å². The summed E-state index contributed by atoms with van der Waals surface area (Å²) in [6.45, 7) is 12.0. The second-order valence-corrected chi connectivity index (χ2v) is 21.2. The van der Waals surface area contributed by atoms with E-state index < -0.39 is 15.6 Å². The van der Waals surface area contributed by atoms with Crippen LogP contribution in [0.25, 0.3) is 11.1 Å². The molecule has 4 nitrogen and oxygen atoms in total. The van der Waals surface area contributed by atoms with E-state index in [1.54, 1.807) is 0 Å². The average Bonchev–Trinajstić information content (AvgIpc) is 3.40. The Balaban J connectivity index is 1.51. The van der Waals surface area contributed by atoms with Gasteiger partial charge < -0.3 is 4.43 Å². The van der Waals surface area contributed by atoms with Gasteiger partial charge in [0.1, 0.15) is 0 Å². The molecule has 1 aliphatic carbocycles. The summed E-state index contributed by atoms with van der Waals surface area (Å²) in [6, 6.07) is 46.4. The molecule has 5 aromatic carbocycles. The molecular weight excluding hydrogens is 612 g/mol. The second kappa shape index (κ2) is 13.7. The minimum absolute atomic E-state index is 0.0884. The number of nitrogens with one attached hydrogen (secondary N) is 1. The van der Waals surface area contributed by atoms with Crippen LogP contribution in [0.3, 0.4) is 0 Å². The maximum Gasteiger partial charge on any atom is 0.205 e. The lowest BCUT2D eigenvalue weighted by molar-refractivity contribution is 0.263. The molecule has 0 bridgehead atoms. The summed E-state index contributed by atoms with van der Waals surface area (Å²) in [5.74, 6) is 0. The highest BCUT2D eigenvalue weighted by Gasteiger charge is 2.39. The van der Waals surface area contributed by atoms with Crippen LogP contribution in [0.15, 0.2) is 145 Å². The minimum Gasteiger partial charge on any atom is -0.417 e. The third-order valence-corrected chi connectivity index (χ3v) is 17.0. The molecule has 0 fully saturated rings. The van der Waals surface area contributed by atoms with Crippen molar-refractivity contribution in [3.63, 3.8) is 0 Å². The maximum absolute atomic E-state index is 15.5. The van der Waals surface area contributed by atoms with Gasteiger partial charge in [-0.1, -0.05) is 136 Å². The standard InChI is InChI=1S/C41H45N2O2PSi/c1-41(2,3)47(4,5)45-30-29-38(42-40-36-27-17-15-25-34(36)35-26-16-18-28-37(35)40)39(31-19-9-6-10-20-31)43-46(44,32-21-11-7-12-22-32)33-23-13-8-14-24-33/h6-28,38-39H,29-30H2,1-5H3,(H,43,44)/t38-,39-/m1/s1. The van der Waals surface area contributed by atoms with Gasteiger partial charge in [-0.15, -0.1) is 0 Å². The topological polar surface area (TPSA) is 50.7 Å². The van der Waals surface area contributed by atoms with Gasteiger partial charge in [-0.05, 0) is 65.5 Å². The normalized spacial score (nSPS) is 14.3. The van der Waals surface area contributed by atoms with Crippen LogP contribution in [-0.4, -0.2) is 26.7 Å². The second-order valence-electron chi connectivity index (χ2n) is 13.8. The first-order chi connectivity index (χ1) is 22.6. The summed E-state index contributed by atoms with van der Waals surface area (Å²) >= 11 is 0. The lowest BCUT2D eigenvalue weighted by atomic mass is 9.97. The molecule has 0 spiro atoms. The molecule has 0 saturated carbocycles. The van der Waals surface area contributed by atoms with Crippen molar-refractivity contribution in [3.05, 3.63) is 156 Å². The van der Waals surface area contributed by atoms with Gasteiger partial charge >= 0.3 is 0 Å². The van der Waals surface area contributed by atoms with E-state index in [1.165, 1.54) is 11.1 Å². The third kappa shape index (κ3) is 6.91. The maximum atomic E-state index is 15.5. The Bertz CT molecular complexity index is 1790. The van der Waals surface area contributed by atoms with Crippen molar-refractivity contribution >= 4 is 31.9 Å². The zero-order chi connectivity index (χ0) is 33.1. The van der Waals surface area contributed by atoms with Crippen molar-refractivity contribution in [2.24, 2.45) is 4.99 Å². The quantitative estimate of drug-likeness (QED) is 0.112. The zero-order valence-electron chi connectivity index (χ0n) is 28.1. The van der Waals surface area contributed by atoms with Gasteiger partial charge in [0, 0.05) is 28.3 Å². The first-order valence-corrected chi connectivity index (χ1v) is 21.1. The fraction of sp³-hybridized carbons (Fsp3) is 0.244. The molecule has 2 atom stereocenters. The highest BCUT2D eigenvalue weighted by atomic mass is 31.2. The SMILES string of the molecule is CC(C)(C)[Si](C)(C)OCC[C@@H](N=C1c2ccccc2-c2ccccc21)[C@H](NP(=O)(c1ccccc1)c1ccccc1)c1ccccc1. The van der Waals surface area contributed by atoms with Crippen LogP contribution in [0.4, 0.5) is 0 Å². The van der Waals surface area contributed by atoms with Crippen LogP contribution in [0.1, 0.15) is 49.9 Å². The van der Waals surface area contributed by atoms with Gasteiger partial charge in [-0.3, -0.25) is 14.6 Å². The fourth-order valence-corrected chi connectivity index (χ4v) is 9.62. The molecular formula is C41H45N2O2PSi. The summed E-state index contributed by atoms with van der Waals surface area (Å²) in [7, 11) is -5.34. The predicted molar refractivity (Wildman–Crippen MR) is 201 cm³/mol. The van der Waals surface area contributed by atoms with Crippen molar-refractivity contribution in [2.75, 3.05) is 6.61 Å². The predicted octanol–water partition coefficient (Wildman–Crippen LogP) is 9.54. The summed E-state index contributed by atoms with van der Waals surface area (Å²) in [5.41, 5.74) is 6.67. The van der Waals surface area contributed by atoms with E-state index in [4.69, 9.17) is 9.42 Å². The van der Waals surface area contributed by atoms with Gasteiger partial charge in [0.05, 0.1) is 17.8 Å². The first-order valence-electron chi connectivity index (χ1n) is 16.5. The number of fused-ring (bicyclic) bond motifs is 3. The molecule has 0 aliphatic heterocycles. The fourth-order valence-electron chi connectivity index (χ4n) is 6.07. The molecule has 0 amide bonds. The third-order valence-electron chi connectivity index (χ3n) is 9.74. The van der Waals surface area contributed by atoms with Crippen molar-refractivity contribution in [1.29, 1.82) is 0 Å². The van der Waals surface area contributed by atoms with E-state index in [9.17, 15) is 0 Å². The Morgan fingerprint density at radius 3 is 1.55 bits per heavy atom. The number of hydrogen-bond acceptors (Lipinski definition) is 3. The molecule has 0 aromatic heterocycles. The van der Waals surface area contributed by atoms with Gasteiger partial charge in [-0.25, -0.2) is 0 Å². The smallest absolute Gasteiger partial charge is 0.205 e. The van der Waals surface area contributed by atoms with E-state index in [1.807, 2.05) is 66.7 Å². The molecule has 0 saturated heterocycles. The average molecular weight is 657 g/mol. The number of nitrogens with zero attached hydrogens (tertiary/aromatic N) is 1. The summed E-state index contributed by atoms with van der Waals surface area (Å²) in [5, 5.41) is 5.41. The molecule has 0 unspecified atom stereocenters. The molecule has 6 heteroatoms. The molecule has 1 aliphatic rings. The molecule has 5 aromatic rings. The summed E-state index contributed by atoms with van der Waals surface area (Å²) in [6.07, 6.45) is 0.663. The number of hydrogen-bond donors (Lipinski definition) is 1. The highest BCUT2D eigenvalue weighted by Crippen LogP contribution is 2.45. The molecule has 47 heavy (non-hydrogen) atoms. The zero-order valence-corrected chi connectivity index (χ0v) is 30.0. The minimum atomic E-state index is -3.32. The molecule has 0 radical (unpaired) electrons. The van der Waals surface area contributed by atoms with Gasteiger partial charge in [0.15, 0.2) is 8.32 Å². The summed E-state index contributed by atoms with van der Waals surface area (Å²) in [4.78, 5) is 5.66. The van der Waals surface area contributed by atoms with Crippen LogP contribution in [0.5, 0.6) is 0 Å². The van der Waals surface area contributed by atoms with E-state index in [-0.39, 0.29) is 17.1 Å². The van der Waals surface area contributed by atoms with E-state index in [0.717, 1.165) is 33.0 Å². The van der Waals surface area contributed by atoms with Gasteiger partial charge in [-0.2, -0.15) is 0 Å². The number of aliphatic imine (C=N–C) groups is 1. The molecule has 6 rings (SSSR count). The van der Waals surface area contributed by atoms with E-state index in [0.29, 0.717) is 13.0 Å². The van der Waals surface area contributed by atoms with Crippen molar-refractivity contribution in [2.45, 2.75) is 57.4 Å². The molecule has 0 heterocycles. The Hall–Kier alpha value is -3.86. The van der Waals surface area contributed by atoms with Crippen LogP contribution < -0.4 is 15.7 Å². The monoisotopic (exact) mass is 656 g/mol. The number of benzene rings is 5. The van der Waals surface area contributed by atoms with Gasteiger partial charge in [0.25, 0.3) is 0 Å². The molecule has 240 valence electrons. The van der Waals surface area contributed by atoms with Crippen LogP contribution in [0, 0.1) is 0 Å². The van der Waals surface area contributed by atoms with Crippen molar-refractivity contribution in [1.82, 2.24) is 5.09 Å². The Morgan fingerprint density at radius 2 is 1.09 bits per heavy atom. The number of rotatable bonds is 11. The van der Waals surface area contributed by atoms with Crippen LogP contribution in [0.2, 0.25) is 18.1 Å². The Morgan fingerprint density at radius 1 is 0.660 bits per heavy atom. The first kappa shape index (κ1) is 33.1. The van der Waals surface area contributed by atoms with Gasteiger partial charge in [0.2, 0.25) is 7.29 Å². The lowest BCUT2D eigenvalue weighted by Crippen LogP contribution is -2.42. The molecule has 1 N–H and O–H groups in total. The van der Waals surface area contributed by atoms with Crippen LogP contribution in [-0.2, 0) is 8.99 Å². The lowest BCUT2D eigenvalue weighted by Gasteiger charge is -2.37. The Labute approximate surface area is 281 Å². The largest absolute Gasteiger partial charge is 0.417 e. The highest BCUT2D eigenvalue weighted by molar-refractivity contribution is 7.76. The van der Waals surface area contributed by atoms with E-state index >= 15 is 4.57 Å². The summed E-state index contributed by atoms with van der Waals surface area (Å²) < 4.78 is 22.3. The van der Waals surface area contributed by atoms with E-state index in [2.05, 4.69) is 112 Å². The Kier molecular flexibility index (Phi) is 9.64.